The molecule has 0 spiro atoms. The van der Waals surface area contributed by atoms with Crippen LogP contribution < -0.4 is 14.5 Å². The lowest BCUT2D eigenvalue weighted by molar-refractivity contribution is -0.128. The van der Waals surface area contributed by atoms with Crippen LogP contribution in [0.2, 0.25) is 0 Å². The zero-order chi connectivity index (χ0) is 32.4. The number of rotatable bonds is 8. The highest BCUT2D eigenvalue weighted by atomic mass is 16.5. The Morgan fingerprint density at radius 3 is 2.67 bits per heavy atom. The number of anilines is 2. The highest BCUT2D eigenvalue weighted by Gasteiger charge is 2.35. The molecule has 10 heteroatoms. The predicted octanol–water partition coefficient (Wildman–Crippen LogP) is 3.93. The summed E-state index contributed by atoms with van der Waals surface area (Å²) in [6.07, 6.45) is 2.32. The fourth-order valence-corrected chi connectivity index (χ4v) is 7.36. The van der Waals surface area contributed by atoms with Gasteiger partial charge in [-0.15, -0.1) is 0 Å². The molecule has 3 atom stereocenters. The molecular formula is C36H41N7O3. The molecule has 0 radical (unpaired) electrons. The number of aliphatic hydroxyl groups is 1. The van der Waals surface area contributed by atoms with E-state index in [2.05, 4.69) is 76.7 Å². The van der Waals surface area contributed by atoms with Crippen molar-refractivity contribution in [2.75, 3.05) is 55.6 Å². The lowest BCUT2D eigenvalue weighted by Gasteiger charge is -2.43. The highest BCUT2D eigenvalue weighted by Crippen LogP contribution is 2.40. The number of nitriles is 2. The van der Waals surface area contributed by atoms with E-state index in [1.54, 1.807) is 4.90 Å². The van der Waals surface area contributed by atoms with Crippen LogP contribution in [0.1, 0.15) is 42.1 Å². The second-order valence-corrected chi connectivity index (χ2v) is 12.6. The van der Waals surface area contributed by atoms with Gasteiger partial charge in [-0.05, 0) is 49.8 Å². The van der Waals surface area contributed by atoms with Gasteiger partial charge >= 0.3 is 0 Å². The lowest BCUT2D eigenvalue weighted by atomic mass is 9.95. The molecule has 1 N–H and O–H groups in total. The van der Waals surface area contributed by atoms with Gasteiger partial charge in [-0.1, -0.05) is 36.9 Å². The molecule has 3 aromatic rings. The molecule has 2 saturated heterocycles. The van der Waals surface area contributed by atoms with Crippen LogP contribution in [-0.2, 0) is 17.8 Å². The third kappa shape index (κ3) is 6.11. The molecule has 46 heavy (non-hydrogen) atoms. The number of aryl methyl sites for hydroxylation is 1. The minimum absolute atomic E-state index is 0.182. The SMILES string of the molecule is C=CC(=O)N1CCN(c2c(C#N)c(OC(C)CN3CC[C@H](O)C3)nc3c2CCN(c2cccc4cccc(C)c24)C3)C[C@@H]1CC#N. The number of nitrogens with zero attached hydrogens (tertiary/aromatic N) is 7. The van der Waals surface area contributed by atoms with E-state index in [0.717, 1.165) is 42.1 Å². The normalized spacial score (nSPS) is 20.6. The zero-order valence-corrected chi connectivity index (χ0v) is 26.7. The summed E-state index contributed by atoms with van der Waals surface area (Å²) in [6, 6.07) is 17.1. The summed E-state index contributed by atoms with van der Waals surface area (Å²) in [7, 11) is 0. The number of amides is 1. The van der Waals surface area contributed by atoms with Crippen molar-refractivity contribution in [2.45, 2.75) is 57.9 Å². The third-order valence-electron chi connectivity index (χ3n) is 9.50. The van der Waals surface area contributed by atoms with Crippen molar-refractivity contribution in [1.29, 1.82) is 10.5 Å². The molecule has 0 aliphatic carbocycles. The first-order valence-electron chi connectivity index (χ1n) is 16.1. The van der Waals surface area contributed by atoms with E-state index in [9.17, 15) is 20.4 Å². The number of hydrogen-bond acceptors (Lipinski definition) is 9. The van der Waals surface area contributed by atoms with Gasteiger partial charge in [0.2, 0.25) is 11.8 Å². The van der Waals surface area contributed by atoms with Crippen LogP contribution in [0.4, 0.5) is 11.4 Å². The summed E-state index contributed by atoms with van der Waals surface area (Å²) in [5.74, 6) is 0.115. The number of hydrogen-bond donors (Lipinski definition) is 1. The van der Waals surface area contributed by atoms with Crippen molar-refractivity contribution >= 4 is 28.1 Å². The molecule has 3 aliphatic rings. The van der Waals surface area contributed by atoms with Gasteiger partial charge < -0.3 is 24.5 Å². The van der Waals surface area contributed by atoms with Gasteiger partial charge in [0, 0.05) is 62.5 Å². The summed E-state index contributed by atoms with van der Waals surface area (Å²) in [4.78, 5) is 26.1. The number of carbonyl (C=O) groups is 1. The van der Waals surface area contributed by atoms with E-state index in [0.29, 0.717) is 57.1 Å². The fourth-order valence-electron chi connectivity index (χ4n) is 7.36. The molecule has 1 unspecified atom stereocenters. The molecule has 6 rings (SSSR count). The lowest BCUT2D eigenvalue weighted by Crippen LogP contribution is -2.55. The van der Waals surface area contributed by atoms with Crippen LogP contribution >= 0.6 is 0 Å². The van der Waals surface area contributed by atoms with Crippen LogP contribution in [0.25, 0.3) is 10.8 Å². The van der Waals surface area contributed by atoms with E-state index in [1.165, 1.54) is 22.4 Å². The number of likely N-dealkylation sites (tertiary alicyclic amines) is 1. The number of aliphatic hydroxyl groups excluding tert-OH is 1. The minimum Gasteiger partial charge on any atom is -0.472 e. The van der Waals surface area contributed by atoms with Gasteiger partial charge in [0.1, 0.15) is 17.7 Å². The van der Waals surface area contributed by atoms with Crippen LogP contribution in [0.15, 0.2) is 49.1 Å². The second kappa shape index (κ2) is 13.4. The summed E-state index contributed by atoms with van der Waals surface area (Å²) in [5, 5.41) is 32.7. The average Bonchev–Trinajstić information content (AvgIpc) is 3.47. The van der Waals surface area contributed by atoms with Gasteiger partial charge in [0.15, 0.2) is 0 Å². The molecule has 0 saturated carbocycles. The number of fused-ring (bicyclic) bond motifs is 2. The van der Waals surface area contributed by atoms with Gasteiger partial charge in [-0.2, -0.15) is 10.5 Å². The van der Waals surface area contributed by atoms with Gasteiger partial charge in [-0.25, -0.2) is 4.98 Å². The number of benzene rings is 2. The first kappa shape index (κ1) is 31.3. The first-order chi connectivity index (χ1) is 22.3. The Balaban J connectivity index is 1.39. The zero-order valence-electron chi connectivity index (χ0n) is 26.7. The quantitative estimate of drug-likeness (QED) is 0.374. The molecule has 2 aromatic carbocycles. The average molecular weight is 620 g/mol. The molecule has 3 aliphatic heterocycles. The maximum atomic E-state index is 12.6. The van der Waals surface area contributed by atoms with Crippen molar-refractivity contribution in [1.82, 2.24) is 14.8 Å². The largest absolute Gasteiger partial charge is 0.472 e. The number of ether oxygens (including phenoxy) is 1. The standard InChI is InChI=1S/C36H41N7O3/c1-4-33(45)43-18-17-42(21-27(43)11-14-37)35-29-13-16-41(32-10-6-9-26-8-5-7-24(2)34(26)32)23-31(29)39-36(30(35)19-38)46-25(3)20-40-15-12-28(44)22-40/h4-10,25,27-28,44H,1,11-13,15-18,20-23H2,2-3H3/t25?,27-,28-/m0/s1. The maximum absolute atomic E-state index is 12.6. The van der Waals surface area contributed by atoms with Gasteiger partial charge in [-0.3, -0.25) is 9.69 Å². The molecule has 238 valence electrons. The maximum Gasteiger partial charge on any atom is 0.246 e. The monoisotopic (exact) mass is 619 g/mol. The number of aromatic nitrogens is 1. The molecule has 2 fully saturated rings. The number of carbonyl (C=O) groups excluding carboxylic acids is 1. The summed E-state index contributed by atoms with van der Waals surface area (Å²) in [5.41, 5.74) is 5.45. The van der Waals surface area contributed by atoms with Crippen molar-refractivity contribution in [2.24, 2.45) is 0 Å². The Morgan fingerprint density at radius 1 is 1.15 bits per heavy atom. The molecular weight excluding hydrogens is 578 g/mol. The van der Waals surface area contributed by atoms with Gasteiger partial charge in [0.25, 0.3) is 0 Å². The Hall–Kier alpha value is -4.64. The Labute approximate surface area is 270 Å². The topological polar surface area (TPSA) is 120 Å². The Morgan fingerprint density at radius 2 is 1.96 bits per heavy atom. The van der Waals surface area contributed by atoms with E-state index in [-0.39, 0.29) is 30.6 Å². The van der Waals surface area contributed by atoms with E-state index < -0.39 is 0 Å². The van der Waals surface area contributed by atoms with Crippen molar-refractivity contribution in [3.8, 4) is 18.0 Å². The Bertz CT molecular complexity index is 1720. The summed E-state index contributed by atoms with van der Waals surface area (Å²) >= 11 is 0. The first-order valence-corrected chi connectivity index (χ1v) is 16.1. The van der Waals surface area contributed by atoms with Gasteiger partial charge in [0.05, 0.1) is 42.6 Å². The predicted molar refractivity (Wildman–Crippen MR) is 178 cm³/mol. The number of pyridine rings is 1. The van der Waals surface area contributed by atoms with Crippen LogP contribution in [0, 0.1) is 29.6 Å². The van der Waals surface area contributed by atoms with Crippen LogP contribution in [0.5, 0.6) is 5.88 Å². The highest BCUT2D eigenvalue weighted by molar-refractivity contribution is 5.97. The summed E-state index contributed by atoms with van der Waals surface area (Å²) < 4.78 is 6.48. The fraction of sp³-hybridized carbons (Fsp3) is 0.444. The number of piperazine rings is 1. The molecule has 0 bridgehead atoms. The molecule has 10 nitrogen and oxygen atoms in total. The smallest absolute Gasteiger partial charge is 0.246 e. The molecule has 4 heterocycles. The Kier molecular flexibility index (Phi) is 9.12. The van der Waals surface area contributed by atoms with E-state index >= 15 is 0 Å². The van der Waals surface area contributed by atoms with Crippen molar-refractivity contribution in [3.05, 3.63) is 71.4 Å². The molecule has 1 amide bonds. The van der Waals surface area contributed by atoms with Crippen LogP contribution in [0.3, 0.4) is 0 Å². The molecule has 1 aromatic heterocycles. The van der Waals surface area contributed by atoms with Crippen molar-refractivity contribution in [3.63, 3.8) is 0 Å². The van der Waals surface area contributed by atoms with E-state index in [1.807, 2.05) is 6.92 Å². The van der Waals surface area contributed by atoms with Crippen molar-refractivity contribution < 1.29 is 14.6 Å². The number of β-amino-alcohol motifs (C(OH)–C–C–N with tert-alkyl or cyclic N) is 1. The van der Waals surface area contributed by atoms with Crippen LogP contribution in [-0.4, -0.2) is 89.9 Å². The van der Waals surface area contributed by atoms with E-state index in [4.69, 9.17) is 9.72 Å². The minimum atomic E-state index is -0.330. The third-order valence-corrected chi connectivity index (χ3v) is 9.50. The summed E-state index contributed by atoms with van der Waals surface area (Å²) in [6.45, 7) is 12.5. The second-order valence-electron chi connectivity index (χ2n) is 12.6.